The summed E-state index contributed by atoms with van der Waals surface area (Å²) in [4.78, 5) is 12.6. The molecule has 0 fully saturated rings. The normalized spacial score (nSPS) is 10.6. The Labute approximate surface area is 180 Å². The summed E-state index contributed by atoms with van der Waals surface area (Å²) in [5.41, 5.74) is 2.31. The highest BCUT2D eigenvalue weighted by atomic mass is 79.9. The van der Waals surface area contributed by atoms with E-state index in [1.54, 1.807) is 18.2 Å². The monoisotopic (exact) mass is 453 g/mol. The second kappa shape index (κ2) is 10.1. The van der Waals surface area contributed by atoms with E-state index in [0.29, 0.717) is 36.1 Å². The van der Waals surface area contributed by atoms with E-state index in [9.17, 15) is 4.79 Å². The Bertz CT molecular complexity index is 957. The average molecular weight is 454 g/mol. The zero-order valence-electron chi connectivity index (χ0n) is 16.5. The molecule has 3 aromatic rings. The standard InChI is InChI=1S/C24H24BrNO3/c1-17(2)15-29-23-12-11-19(13-22(23)25)24(27)26-20-9-6-10-21(14-20)28-16-18-7-4-3-5-8-18/h3-14,17H,15-16H2,1-2H3,(H,26,27). The number of ether oxygens (including phenoxy) is 2. The fourth-order valence-corrected chi connectivity index (χ4v) is 3.12. The lowest BCUT2D eigenvalue weighted by molar-refractivity contribution is 0.102. The van der Waals surface area contributed by atoms with E-state index in [1.807, 2.05) is 54.6 Å². The van der Waals surface area contributed by atoms with Gasteiger partial charge in [0.05, 0.1) is 11.1 Å². The van der Waals surface area contributed by atoms with Gasteiger partial charge in [0.1, 0.15) is 18.1 Å². The van der Waals surface area contributed by atoms with Crippen molar-refractivity contribution in [2.24, 2.45) is 5.92 Å². The zero-order chi connectivity index (χ0) is 20.6. The predicted molar refractivity (Wildman–Crippen MR) is 120 cm³/mol. The molecule has 0 saturated carbocycles. The maximum Gasteiger partial charge on any atom is 0.255 e. The molecule has 0 saturated heterocycles. The summed E-state index contributed by atoms with van der Waals surface area (Å²) in [5.74, 6) is 1.67. The smallest absolute Gasteiger partial charge is 0.255 e. The van der Waals surface area contributed by atoms with Crippen LogP contribution < -0.4 is 14.8 Å². The Morgan fingerprint density at radius 3 is 2.48 bits per heavy atom. The van der Waals surface area contributed by atoms with Crippen LogP contribution in [0.4, 0.5) is 5.69 Å². The largest absolute Gasteiger partial charge is 0.492 e. The molecule has 0 spiro atoms. The fourth-order valence-electron chi connectivity index (χ4n) is 2.62. The molecule has 0 atom stereocenters. The molecule has 4 nitrogen and oxygen atoms in total. The number of carbonyl (C=O) groups excluding carboxylic acids is 1. The maximum absolute atomic E-state index is 12.6. The minimum absolute atomic E-state index is 0.193. The second-order valence-electron chi connectivity index (χ2n) is 7.11. The summed E-state index contributed by atoms with van der Waals surface area (Å²) in [6, 6.07) is 22.7. The zero-order valence-corrected chi connectivity index (χ0v) is 18.1. The number of nitrogens with one attached hydrogen (secondary N) is 1. The van der Waals surface area contributed by atoms with E-state index in [2.05, 4.69) is 35.1 Å². The van der Waals surface area contributed by atoms with Crippen molar-refractivity contribution >= 4 is 27.5 Å². The molecule has 0 aliphatic carbocycles. The van der Waals surface area contributed by atoms with Crippen LogP contribution in [0.5, 0.6) is 11.5 Å². The Morgan fingerprint density at radius 1 is 0.966 bits per heavy atom. The Kier molecular flexibility index (Phi) is 7.30. The van der Waals surface area contributed by atoms with Crippen LogP contribution in [0.2, 0.25) is 0 Å². The molecule has 0 heterocycles. The van der Waals surface area contributed by atoms with Crippen molar-refractivity contribution in [2.75, 3.05) is 11.9 Å². The summed E-state index contributed by atoms with van der Waals surface area (Å²) in [6.07, 6.45) is 0. The SMILES string of the molecule is CC(C)COc1ccc(C(=O)Nc2cccc(OCc3ccccc3)c2)cc1Br. The molecule has 29 heavy (non-hydrogen) atoms. The first-order chi connectivity index (χ1) is 14.0. The van der Waals surface area contributed by atoms with Crippen molar-refractivity contribution in [3.8, 4) is 11.5 Å². The van der Waals surface area contributed by atoms with E-state index in [1.165, 1.54) is 0 Å². The molecule has 150 valence electrons. The molecule has 0 aliphatic heterocycles. The number of rotatable bonds is 8. The van der Waals surface area contributed by atoms with E-state index in [0.717, 1.165) is 15.8 Å². The molecule has 0 aliphatic rings. The molecule has 0 aromatic heterocycles. The van der Waals surface area contributed by atoms with Gasteiger partial charge in [-0.1, -0.05) is 50.2 Å². The maximum atomic E-state index is 12.6. The van der Waals surface area contributed by atoms with Gasteiger partial charge in [-0.3, -0.25) is 4.79 Å². The minimum atomic E-state index is -0.193. The fraction of sp³-hybridized carbons (Fsp3) is 0.208. The summed E-state index contributed by atoms with van der Waals surface area (Å²) in [7, 11) is 0. The van der Waals surface area contributed by atoms with Crippen LogP contribution in [0.3, 0.4) is 0 Å². The first-order valence-corrected chi connectivity index (χ1v) is 10.3. The number of halogens is 1. The minimum Gasteiger partial charge on any atom is -0.492 e. The van der Waals surface area contributed by atoms with Crippen molar-refractivity contribution in [2.45, 2.75) is 20.5 Å². The number of anilines is 1. The first kappa shape index (κ1) is 20.9. The van der Waals surface area contributed by atoms with Gasteiger partial charge in [0, 0.05) is 17.3 Å². The van der Waals surface area contributed by atoms with Crippen molar-refractivity contribution in [1.29, 1.82) is 0 Å². The van der Waals surface area contributed by atoms with Gasteiger partial charge in [0.2, 0.25) is 0 Å². The Morgan fingerprint density at radius 2 is 1.76 bits per heavy atom. The Balaban J connectivity index is 1.62. The summed E-state index contributed by atoms with van der Waals surface area (Å²) < 4.78 is 12.3. The molecule has 5 heteroatoms. The van der Waals surface area contributed by atoms with Crippen molar-refractivity contribution in [3.63, 3.8) is 0 Å². The van der Waals surface area contributed by atoms with Crippen molar-refractivity contribution in [3.05, 3.63) is 88.4 Å². The van der Waals surface area contributed by atoms with E-state index in [4.69, 9.17) is 9.47 Å². The number of hydrogen-bond donors (Lipinski definition) is 1. The first-order valence-electron chi connectivity index (χ1n) is 9.52. The van der Waals surface area contributed by atoms with Gasteiger partial charge in [-0.05, 0) is 57.7 Å². The second-order valence-corrected chi connectivity index (χ2v) is 7.96. The van der Waals surface area contributed by atoms with Gasteiger partial charge in [-0.25, -0.2) is 0 Å². The number of carbonyl (C=O) groups is 1. The summed E-state index contributed by atoms with van der Waals surface area (Å²) in [5, 5.41) is 2.91. The van der Waals surface area contributed by atoms with Crippen LogP contribution >= 0.6 is 15.9 Å². The van der Waals surface area contributed by atoms with Crippen LogP contribution in [-0.2, 0) is 6.61 Å². The number of hydrogen-bond acceptors (Lipinski definition) is 3. The lowest BCUT2D eigenvalue weighted by atomic mass is 10.2. The van der Waals surface area contributed by atoms with Crippen LogP contribution in [0.25, 0.3) is 0 Å². The molecule has 0 bridgehead atoms. The third-order valence-electron chi connectivity index (χ3n) is 4.11. The molecule has 1 N–H and O–H groups in total. The Hall–Kier alpha value is -2.79. The molecule has 3 rings (SSSR count). The average Bonchev–Trinajstić information content (AvgIpc) is 2.72. The van der Waals surface area contributed by atoms with E-state index in [-0.39, 0.29) is 5.91 Å². The van der Waals surface area contributed by atoms with Gasteiger partial charge >= 0.3 is 0 Å². The lowest BCUT2D eigenvalue weighted by Crippen LogP contribution is -2.12. The van der Waals surface area contributed by atoms with Gasteiger partial charge in [-0.15, -0.1) is 0 Å². The van der Waals surface area contributed by atoms with Gasteiger partial charge in [0.25, 0.3) is 5.91 Å². The quantitative estimate of drug-likeness (QED) is 0.434. The lowest BCUT2D eigenvalue weighted by Gasteiger charge is -2.12. The third-order valence-corrected chi connectivity index (χ3v) is 4.73. The summed E-state index contributed by atoms with van der Waals surface area (Å²) >= 11 is 3.48. The third kappa shape index (κ3) is 6.36. The van der Waals surface area contributed by atoms with Gasteiger partial charge < -0.3 is 14.8 Å². The molecule has 0 unspecified atom stereocenters. The molecular formula is C24H24BrNO3. The van der Waals surface area contributed by atoms with Crippen molar-refractivity contribution < 1.29 is 14.3 Å². The van der Waals surface area contributed by atoms with Crippen LogP contribution in [0, 0.1) is 5.92 Å². The van der Waals surface area contributed by atoms with Crippen LogP contribution in [-0.4, -0.2) is 12.5 Å². The molecular weight excluding hydrogens is 430 g/mol. The molecule has 1 amide bonds. The highest BCUT2D eigenvalue weighted by Gasteiger charge is 2.11. The van der Waals surface area contributed by atoms with Crippen molar-refractivity contribution in [1.82, 2.24) is 0 Å². The number of amides is 1. The van der Waals surface area contributed by atoms with E-state index < -0.39 is 0 Å². The van der Waals surface area contributed by atoms with Gasteiger partial charge in [0.15, 0.2) is 0 Å². The summed E-state index contributed by atoms with van der Waals surface area (Å²) in [6.45, 7) is 5.28. The predicted octanol–water partition coefficient (Wildman–Crippen LogP) is 6.32. The van der Waals surface area contributed by atoms with Crippen LogP contribution in [0.1, 0.15) is 29.8 Å². The number of benzene rings is 3. The highest BCUT2D eigenvalue weighted by molar-refractivity contribution is 9.10. The molecule has 0 radical (unpaired) electrons. The van der Waals surface area contributed by atoms with Gasteiger partial charge in [-0.2, -0.15) is 0 Å². The highest BCUT2D eigenvalue weighted by Crippen LogP contribution is 2.27. The topological polar surface area (TPSA) is 47.6 Å². The van der Waals surface area contributed by atoms with Crippen LogP contribution in [0.15, 0.2) is 77.3 Å². The molecule has 3 aromatic carbocycles. The van der Waals surface area contributed by atoms with E-state index >= 15 is 0 Å².